The van der Waals surface area contributed by atoms with E-state index < -0.39 is 0 Å². The van der Waals surface area contributed by atoms with Gasteiger partial charge in [0.1, 0.15) is 17.5 Å². The number of methoxy groups -OCH3 is 1. The lowest BCUT2D eigenvalue weighted by Gasteiger charge is -2.27. The van der Waals surface area contributed by atoms with Gasteiger partial charge in [-0.05, 0) is 42.7 Å². The van der Waals surface area contributed by atoms with Gasteiger partial charge in [0, 0.05) is 6.54 Å². The van der Waals surface area contributed by atoms with Crippen molar-refractivity contribution in [3.8, 4) is 11.8 Å². The third-order valence-electron chi connectivity index (χ3n) is 3.95. The van der Waals surface area contributed by atoms with E-state index >= 15 is 0 Å². The van der Waals surface area contributed by atoms with Crippen LogP contribution in [0.15, 0.2) is 42.6 Å². The van der Waals surface area contributed by atoms with Crippen LogP contribution in [-0.2, 0) is 0 Å². The van der Waals surface area contributed by atoms with Crippen molar-refractivity contribution in [2.45, 2.75) is 18.9 Å². The van der Waals surface area contributed by atoms with Crippen LogP contribution in [0.1, 0.15) is 30.1 Å². The summed E-state index contributed by atoms with van der Waals surface area (Å²) in [5, 5.41) is 8.84. The van der Waals surface area contributed by atoms with Crippen LogP contribution in [0.25, 0.3) is 0 Å². The van der Waals surface area contributed by atoms with Gasteiger partial charge in [-0.3, -0.25) is 0 Å². The molecule has 1 saturated heterocycles. The molecule has 2 aromatic rings. The summed E-state index contributed by atoms with van der Waals surface area (Å²) in [5.74, 6) is 0.878. The molecule has 0 N–H and O–H groups in total. The molecule has 1 aromatic heterocycles. The fourth-order valence-corrected chi connectivity index (χ4v) is 2.87. The topological polar surface area (TPSA) is 49.1 Å². The van der Waals surface area contributed by atoms with Crippen molar-refractivity contribution in [3.05, 3.63) is 53.9 Å². The molecule has 2 heterocycles. The van der Waals surface area contributed by atoms with E-state index in [0.29, 0.717) is 11.7 Å². The number of nitrogens with zero attached hydrogens (tertiary/aromatic N) is 3. The number of hydrogen-bond donors (Lipinski definition) is 0. The Labute approximate surface area is 124 Å². The van der Waals surface area contributed by atoms with E-state index in [9.17, 15) is 0 Å². The Morgan fingerprint density at radius 3 is 2.67 bits per heavy atom. The van der Waals surface area contributed by atoms with Crippen molar-refractivity contribution in [2.75, 3.05) is 18.6 Å². The normalized spacial score (nSPS) is 17.5. The highest BCUT2D eigenvalue weighted by Crippen LogP contribution is 2.36. The van der Waals surface area contributed by atoms with Crippen LogP contribution in [0.5, 0.6) is 5.75 Å². The van der Waals surface area contributed by atoms with Crippen LogP contribution in [0, 0.1) is 11.3 Å². The molecule has 0 radical (unpaired) electrons. The Bertz CT molecular complexity index is 643. The molecule has 4 nitrogen and oxygen atoms in total. The van der Waals surface area contributed by atoms with Crippen molar-refractivity contribution < 1.29 is 4.74 Å². The molecule has 21 heavy (non-hydrogen) atoms. The van der Waals surface area contributed by atoms with Gasteiger partial charge in [0.15, 0.2) is 0 Å². The quantitative estimate of drug-likeness (QED) is 0.865. The zero-order chi connectivity index (χ0) is 14.7. The molecule has 0 aliphatic carbocycles. The van der Waals surface area contributed by atoms with Crippen LogP contribution in [0.2, 0.25) is 0 Å². The lowest BCUT2D eigenvalue weighted by atomic mass is 10.0. The molecule has 106 valence electrons. The van der Waals surface area contributed by atoms with Crippen LogP contribution in [-0.4, -0.2) is 18.6 Å². The standard InChI is InChI=1S/C17H17N3O/c1-21-16-8-4-13(5-9-16)17-3-2-10-20(17)15-7-6-14(11-18)19-12-15/h4-9,12,17H,2-3,10H2,1H3. The summed E-state index contributed by atoms with van der Waals surface area (Å²) in [7, 11) is 1.68. The zero-order valence-electron chi connectivity index (χ0n) is 12.0. The zero-order valence-corrected chi connectivity index (χ0v) is 12.0. The number of aromatic nitrogens is 1. The Morgan fingerprint density at radius 2 is 2.05 bits per heavy atom. The molecular weight excluding hydrogens is 262 g/mol. The third kappa shape index (κ3) is 2.68. The van der Waals surface area contributed by atoms with Gasteiger partial charge in [-0.1, -0.05) is 12.1 Å². The number of pyridine rings is 1. The minimum Gasteiger partial charge on any atom is -0.497 e. The average Bonchev–Trinajstić information content (AvgIpc) is 3.04. The molecule has 0 saturated carbocycles. The van der Waals surface area contributed by atoms with E-state index in [1.54, 1.807) is 19.4 Å². The van der Waals surface area contributed by atoms with Gasteiger partial charge in [-0.25, -0.2) is 4.98 Å². The summed E-state index contributed by atoms with van der Waals surface area (Å²) in [6.07, 6.45) is 4.09. The molecule has 0 spiro atoms. The van der Waals surface area contributed by atoms with E-state index in [-0.39, 0.29) is 0 Å². The molecular formula is C17H17N3O. The first kappa shape index (κ1) is 13.4. The van der Waals surface area contributed by atoms with Gasteiger partial charge in [0.05, 0.1) is 25.0 Å². The van der Waals surface area contributed by atoms with Crippen molar-refractivity contribution in [2.24, 2.45) is 0 Å². The van der Waals surface area contributed by atoms with Gasteiger partial charge in [0.2, 0.25) is 0 Å². The van der Waals surface area contributed by atoms with Gasteiger partial charge in [0.25, 0.3) is 0 Å². The monoisotopic (exact) mass is 279 g/mol. The maximum absolute atomic E-state index is 8.84. The first-order valence-corrected chi connectivity index (χ1v) is 7.08. The highest BCUT2D eigenvalue weighted by atomic mass is 16.5. The second kappa shape index (κ2) is 5.84. The van der Waals surface area contributed by atoms with Crippen molar-refractivity contribution in [3.63, 3.8) is 0 Å². The minimum atomic E-state index is 0.366. The summed E-state index contributed by atoms with van der Waals surface area (Å²) in [6, 6.07) is 14.4. The fraction of sp³-hybridized carbons (Fsp3) is 0.294. The fourth-order valence-electron chi connectivity index (χ4n) is 2.87. The van der Waals surface area contributed by atoms with Crippen LogP contribution in [0.3, 0.4) is 0 Å². The summed E-state index contributed by atoms with van der Waals surface area (Å²) in [5.41, 5.74) is 2.82. The minimum absolute atomic E-state index is 0.366. The molecule has 1 atom stereocenters. The van der Waals surface area contributed by atoms with Crippen LogP contribution >= 0.6 is 0 Å². The van der Waals surface area contributed by atoms with Crippen molar-refractivity contribution >= 4 is 5.69 Å². The van der Waals surface area contributed by atoms with E-state index in [4.69, 9.17) is 10.00 Å². The third-order valence-corrected chi connectivity index (χ3v) is 3.95. The lowest BCUT2D eigenvalue weighted by Crippen LogP contribution is -2.22. The molecule has 1 aromatic carbocycles. The van der Waals surface area contributed by atoms with Crippen LogP contribution in [0.4, 0.5) is 5.69 Å². The Morgan fingerprint density at radius 1 is 1.24 bits per heavy atom. The predicted molar refractivity (Wildman–Crippen MR) is 81.3 cm³/mol. The Kier molecular flexibility index (Phi) is 3.74. The smallest absolute Gasteiger partial charge is 0.140 e. The van der Waals surface area contributed by atoms with E-state index in [2.05, 4.69) is 28.1 Å². The first-order valence-electron chi connectivity index (χ1n) is 7.08. The predicted octanol–water partition coefficient (Wildman–Crippen LogP) is 3.30. The maximum atomic E-state index is 8.84. The molecule has 1 aliphatic heterocycles. The van der Waals surface area contributed by atoms with E-state index in [1.807, 2.05) is 18.2 Å². The number of ether oxygens (including phenoxy) is 1. The molecule has 0 amide bonds. The number of nitriles is 1. The summed E-state index contributed by atoms with van der Waals surface area (Å²) in [4.78, 5) is 6.53. The van der Waals surface area contributed by atoms with Gasteiger partial charge >= 0.3 is 0 Å². The number of rotatable bonds is 3. The molecule has 3 rings (SSSR count). The Balaban J connectivity index is 1.85. The van der Waals surface area contributed by atoms with Gasteiger partial charge in [-0.2, -0.15) is 5.26 Å². The second-order valence-electron chi connectivity index (χ2n) is 5.14. The summed E-state index contributed by atoms with van der Waals surface area (Å²) < 4.78 is 5.21. The van der Waals surface area contributed by atoms with E-state index in [0.717, 1.165) is 30.8 Å². The Hall–Kier alpha value is -2.54. The van der Waals surface area contributed by atoms with Gasteiger partial charge < -0.3 is 9.64 Å². The van der Waals surface area contributed by atoms with Crippen molar-refractivity contribution in [1.29, 1.82) is 5.26 Å². The van der Waals surface area contributed by atoms with Gasteiger partial charge in [-0.15, -0.1) is 0 Å². The highest BCUT2D eigenvalue weighted by molar-refractivity contribution is 5.50. The number of benzene rings is 1. The molecule has 1 aliphatic rings. The molecule has 4 heteroatoms. The van der Waals surface area contributed by atoms with Crippen LogP contribution < -0.4 is 9.64 Å². The molecule has 1 unspecified atom stereocenters. The largest absolute Gasteiger partial charge is 0.497 e. The number of anilines is 1. The molecule has 1 fully saturated rings. The van der Waals surface area contributed by atoms with Crippen molar-refractivity contribution in [1.82, 2.24) is 4.98 Å². The average molecular weight is 279 g/mol. The summed E-state index contributed by atoms with van der Waals surface area (Å²) in [6.45, 7) is 1.02. The van der Waals surface area contributed by atoms with E-state index in [1.165, 1.54) is 5.56 Å². The molecule has 0 bridgehead atoms. The number of hydrogen-bond acceptors (Lipinski definition) is 4. The lowest BCUT2D eigenvalue weighted by molar-refractivity contribution is 0.414. The summed E-state index contributed by atoms with van der Waals surface area (Å²) >= 11 is 0. The first-order chi connectivity index (χ1) is 10.3. The second-order valence-corrected chi connectivity index (χ2v) is 5.14. The maximum Gasteiger partial charge on any atom is 0.140 e. The highest BCUT2D eigenvalue weighted by Gasteiger charge is 2.26. The SMILES string of the molecule is COc1ccc(C2CCCN2c2ccc(C#N)nc2)cc1.